The molecule has 0 amide bonds. The number of benzene rings is 2. The zero-order valence-corrected chi connectivity index (χ0v) is 21.7. The highest BCUT2D eigenvalue weighted by atomic mass is 32.2. The van der Waals surface area contributed by atoms with E-state index in [0.717, 1.165) is 36.7 Å². The van der Waals surface area contributed by atoms with Crippen LogP contribution in [-0.2, 0) is 16.7 Å². The van der Waals surface area contributed by atoms with Gasteiger partial charge in [0.05, 0.1) is 10.3 Å². The molecule has 1 aliphatic rings. The van der Waals surface area contributed by atoms with Crippen LogP contribution in [0.2, 0.25) is 0 Å². The molecule has 3 heterocycles. The molecule has 1 saturated heterocycles. The highest BCUT2D eigenvalue weighted by Gasteiger charge is 2.24. The normalized spacial score (nSPS) is 16.2. The van der Waals surface area contributed by atoms with Crippen LogP contribution in [0.15, 0.2) is 65.8 Å². The standard InChI is InChI=1S/C19H22N4S.C7H8O3S/c1-13-14(2)24-19-17(13)18(20-12-21-19)22-16-8-9-23(11-16)10-15-6-4-3-5-7-15;1-6-4-2-3-5-7(6)11(8,9)10/h3-7,12,16H,8-11H2,1-2H3,(H,20,21,22);2-5H,1H3,(H,8,9,10). The van der Waals surface area contributed by atoms with Crippen molar-refractivity contribution in [2.45, 2.75) is 44.7 Å². The van der Waals surface area contributed by atoms with Crippen LogP contribution in [0, 0.1) is 20.8 Å². The first-order chi connectivity index (χ1) is 16.7. The number of aromatic nitrogens is 2. The first kappa shape index (κ1) is 25.2. The Hall–Kier alpha value is -2.85. The van der Waals surface area contributed by atoms with E-state index in [0.29, 0.717) is 11.6 Å². The molecule has 5 rings (SSSR count). The lowest BCUT2D eigenvalue weighted by Gasteiger charge is -2.17. The zero-order chi connectivity index (χ0) is 25.0. The fourth-order valence-electron chi connectivity index (χ4n) is 4.27. The van der Waals surface area contributed by atoms with Gasteiger partial charge in [0.2, 0.25) is 0 Å². The minimum Gasteiger partial charge on any atom is -0.365 e. The van der Waals surface area contributed by atoms with Crippen molar-refractivity contribution in [3.05, 3.63) is 82.5 Å². The Morgan fingerprint density at radius 2 is 1.77 bits per heavy atom. The van der Waals surface area contributed by atoms with Crippen molar-refractivity contribution < 1.29 is 13.0 Å². The molecule has 0 aliphatic carbocycles. The summed E-state index contributed by atoms with van der Waals surface area (Å²) < 4.78 is 29.9. The second-order valence-electron chi connectivity index (χ2n) is 8.78. The van der Waals surface area contributed by atoms with Gasteiger partial charge in [-0.25, -0.2) is 9.97 Å². The second-order valence-corrected chi connectivity index (χ2v) is 11.4. The van der Waals surface area contributed by atoms with Crippen molar-refractivity contribution in [1.29, 1.82) is 0 Å². The van der Waals surface area contributed by atoms with E-state index in [9.17, 15) is 8.42 Å². The third kappa shape index (κ3) is 6.24. The minimum absolute atomic E-state index is 0.0278. The number of fused-ring (bicyclic) bond motifs is 1. The maximum absolute atomic E-state index is 10.6. The summed E-state index contributed by atoms with van der Waals surface area (Å²) in [5.74, 6) is 0.994. The summed E-state index contributed by atoms with van der Waals surface area (Å²) in [5.41, 5.74) is 3.24. The Bertz CT molecular complexity index is 1400. The van der Waals surface area contributed by atoms with Gasteiger partial charge in [0, 0.05) is 30.6 Å². The lowest BCUT2D eigenvalue weighted by Crippen LogP contribution is -2.26. The molecule has 184 valence electrons. The first-order valence-corrected chi connectivity index (χ1v) is 13.7. The Kier molecular flexibility index (Phi) is 7.81. The van der Waals surface area contributed by atoms with E-state index in [-0.39, 0.29) is 4.90 Å². The van der Waals surface area contributed by atoms with E-state index < -0.39 is 10.1 Å². The smallest absolute Gasteiger partial charge is 0.294 e. The Morgan fingerprint density at radius 1 is 1.06 bits per heavy atom. The number of hydrogen-bond acceptors (Lipinski definition) is 7. The molecule has 9 heteroatoms. The van der Waals surface area contributed by atoms with Gasteiger partial charge in [-0.05, 0) is 49.9 Å². The van der Waals surface area contributed by atoms with Gasteiger partial charge in [0.1, 0.15) is 17.0 Å². The van der Waals surface area contributed by atoms with Crippen LogP contribution < -0.4 is 5.32 Å². The average Bonchev–Trinajstić information content (AvgIpc) is 3.38. The van der Waals surface area contributed by atoms with E-state index in [1.807, 2.05) is 0 Å². The van der Waals surface area contributed by atoms with Crippen LogP contribution in [0.25, 0.3) is 10.2 Å². The summed E-state index contributed by atoms with van der Waals surface area (Å²) in [4.78, 5) is 13.8. The van der Waals surface area contributed by atoms with Crippen molar-refractivity contribution in [3.8, 4) is 0 Å². The lowest BCUT2D eigenvalue weighted by molar-refractivity contribution is 0.328. The molecule has 0 spiro atoms. The summed E-state index contributed by atoms with van der Waals surface area (Å²) in [6.07, 6.45) is 2.83. The van der Waals surface area contributed by atoms with Gasteiger partial charge in [-0.2, -0.15) is 8.42 Å². The van der Waals surface area contributed by atoms with Gasteiger partial charge < -0.3 is 5.32 Å². The lowest BCUT2D eigenvalue weighted by atomic mass is 10.2. The van der Waals surface area contributed by atoms with Crippen molar-refractivity contribution in [1.82, 2.24) is 14.9 Å². The number of nitrogens with zero attached hydrogens (tertiary/aromatic N) is 3. The molecule has 1 unspecified atom stereocenters. The summed E-state index contributed by atoms with van der Waals surface area (Å²) >= 11 is 1.75. The van der Waals surface area contributed by atoms with Gasteiger partial charge in [-0.3, -0.25) is 9.45 Å². The minimum atomic E-state index is -4.03. The molecule has 2 aromatic heterocycles. The second kappa shape index (κ2) is 10.8. The number of nitrogens with one attached hydrogen (secondary N) is 1. The van der Waals surface area contributed by atoms with Crippen LogP contribution >= 0.6 is 11.3 Å². The van der Waals surface area contributed by atoms with Gasteiger partial charge in [-0.1, -0.05) is 48.5 Å². The predicted octanol–water partition coefficient (Wildman–Crippen LogP) is 5.24. The van der Waals surface area contributed by atoms with Crippen LogP contribution in [0.5, 0.6) is 0 Å². The summed E-state index contributed by atoms with van der Waals surface area (Å²) in [5, 5.41) is 4.86. The molecule has 7 nitrogen and oxygen atoms in total. The van der Waals surface area contributed by atoms with E-state index in [4.69, 9.17) is 4.55 Å². The summed E-state index contributed by atoms with van der Waals surface area (Å²) in [6, 6.07) is 17.4. The quantitative estimate of drug-likeness (QED) is 0.355. The SMILES string of the molecule is Cc1ccccc1S(=O)(=O)O.Cc1sc2ncnc(NC3CCN(Cc4ccccc4)C3)c2c1C. The van der Waals surface area contributed by atoms with Crippen molar-refractivity contribution >= 4 is 37.5 Å². The number of hydrogen-bond donors (Lipinski definition) is 2. The molecule has 0 bridgehead atoms. The molecule has 0 radical (unpaired) electrons. The van der Waals surface area contributed by atoms with Gasteiger partial charge in [0.15, 0.2) is 0 Å². The van der Waals surface area contributed by atoms with Crippen LogP contribution in [0.4, 0.5) is 5.82 Å². The molecular formula is C26H30N4O3S2. The maximum Gasteiger partial charge on any atom is 0.294 e. The van der Waals surface area contributed by atoms with Crippen molar-refractivity contribution in [3.63, 3.8) is 0 Å². The van der Waals surface area contributed by atoms with E-state index in [1.165, 1.54) is 27.5 Å². The molecular weight excluding hydrogens is 480 g/mol. The first-order valence-electron chi connectivity index (χ1n) is 11.5. The van der Waals surface area contributed by atoms with Crippen LogP contribution in [0.1, 0.15) is 28.0 Å². The predicted molar refractivity (Wildman–Crippen MR) is 142 cm³/mol. The number of likely N-dealkylation sites (tertiary alicyclic amines) is 1. The number of anilines is 1. The Labute approximate surface area is 210 Å². The maximum atomic E-state index is 10.6. The monoisotopic (exact) mass is 510 g/mol. The zero-order valence-electron chi connectivity index (χ0n) is 20.1. The summed E-state index contributed by atoms with van der Waals surface area (Å²) in [7, 11) is -4.03. The van der Waals surface area contributed by atoms with Crippen molar-refractivity contribution in [2.75, 3.05) is 18.4 Å². The van der Waals surface area contributed by atoms with Crippen molar-refractivity contribution in [2.24, 2.45) is 0 Å². The highest BCUT2D eigenvalue weighted by Crippen LogP contribution is 2.33. The molecule has 35 heavy (non-hydrogen) atoms. The number of thiophene rings is 1. The number of rotatable bonds is 5. The topological polar surface area (TPSA) is 95.4 Å². The fourth-order valence-corrected chi connectivity index (χ4v) is 5.99. The van der Waals surface area contributed by atoms with Crippen LogP contribution in [0.3, 0.4) is 0 Å². The highest BCUT2D eigenvalue weighted by molar-refractivity contribution is 7.85. The third-order valence-electron chi connectivity index (χ3n) is 6.20. The van der Waals surface area contributed by atoms with E-state index in [1.54, 1.807) is 42.8 Å². The van der Waals surface area contributed by atoms with E-state index in [2.05, 4.69) is 64.4 Å². The van der Waals surface area contributed by atoms with Gasteiger partial charge in [-0.15, -0.1) is 11.3 Å². The van der Waals surface area contributed by atoms with Crippen LogP contribution in [-0.4, -0.2) is 47.0 Å². The fraction of sp³-hybridized carbons (Fsp3) is 0.308. The summed E-state index contributed by atoms with van der Waals surface area (Å²) in [6.45, 7) is 9.16. The molecule has 2 N–H and O–H groups in total. The van der Waals surface area contributed by atoms with E-state index >= 15 is 0 Å². The number of aryl methyl sites for hydroxylation is 3. The molecule has 4 aromatic rings. The molecule has 1 aliphatic heterocycles. The van der Waals surface area contributed by atoms with Gasteiger partial charge in [0.25, 0.3) is 10.1 Å². The molecule has 2 aromatic carbocycles. The Balaban J connectivity index is 0.000000221. The molecule has 1 atom stereocenters. The Morgan fingerprint density at radius 3 is 2.46 bits per heavy atom. The molecule has 1 fully saturated rings. The third-order valence-corrected chi connectivity index (χ3v) is 8.33. The molecule has 0 saturated carbocycles. The average molecular weight is 511 g/mol. The largest absolute Gasteiger partial charge is 0.365 e. The van der Waals surface area contributed by atoms with Gasteiger partial charge >= 0.3 is 0 Å².